The average Bonchev–Trinajstić information content (AvgIpc) is 3.12. The third-order valence-corrected chi connectivity index (χ3v) is 10.5. The van der Waals surface area contributed by atoms with Gasteiger partial charge < -0.3 is 0 Å². The van der Waals surface area contributed by atoms with Crippen molar-refractivity contribution in [2.45, 2.75) is 0 Å². The highest BCUT2D eigenvalue weighted by molar-refractivity contribution is 6.26. The van der Waals surface area contributed by atoms with Crippen LogP contribution in [0.5, 0.6) is 0 Å². The Bertz CT molecular complexity index is 2940. The highest BCUT2D eigenvalue weighted by Crippen LogP contribution is 2.42. The summed E-state index contributed by atoms with van der Waals surface area (Å²) in [6, 6.07) is 59.2. The van der Waals surface area contributed by atoms with E-state index in [2.05, 4.69) is 158 Å². The quantitative estimate of drug-likeness (QED) is 0.179. The SMILES string of the molecule is c1cc2ccc3cc(-c4cccc5c4ccc4cc(-c6ccc7ccc8cccc9ccc6c7c89)ccc45)cc4ccc(c1)c2c34. The third-order valence-electron chi connectivity index (χ3n) is 10.5. The molecule has 46 heavy (non-hydrogen) atoms. The van der Waals surface area contributed by atoms with E-state index in [1.807, 2.05) is 0 Å². The van der Waals surface area contributed by atoms with Crippen molar-refractivity contribution in [1.82, 2.24) is 0 Å². The van der Waals surface area contributed by atoms with Gasteiger partial charge in [0.1, 0.15) is 0 Å². The zero-order valence-electron chi connectivity index (χ0n) is 25.0. The largest absolute Gasteiger partial charge is 0.0610 e. The zero-order chi connectivity index (χ0) is 29.9. The lowest BCUT2D eigenvalue weighted by Gasteiger charge is -2.16. The van der Waals surface area contributed by atoms with E-state index in [4.69, 9.17) is 0 Å². The van der Waals surface area contributed by atoms with Crippen molar-refractivity contribution in [2.75, 3.05) is 0 Å². The highest BCUT2D eigenvalue weighted by Gasteiger charge is 2.15. The smallest absolute Gasteiger partial charge is 0.00206 e. The van der Waals surface area contributed by atoms with Gasteiger partial charge in [-0.15, -0.1) is 0 Å². The molecule has 0 radical (unpaired) electrons. The van der Waals surface area contributed by atoms with Crippen LogP contribution in [-0.4, -0.2) is 0 Å². The van der Waals surface area contributed by atoms with Crippen LogP contribution < -0.4 is 0 Å². The molecule has 0 heterocycles. The molecule has 0 N–H and O–H groups in total. The first-order valence-electron chi connectivity index (χ1n) is 16.1. The van der Waals surface area contributed by atoms with Crippen LogP contribution in [0.25, 0.3) is 108 Å². The Kier molecular flexibility index (Phi) is 4.66. The number of fused-ring (bicyclic) bond motifs is 3. The van der Waals surface area contributed by atoms with Gasteiger partial charge in [0, 0.05) is 0 Å². The molecule has 0 saturated carbocycles. The maximum absolute atomic E-state index is 2.38. The first kappa shape index (κ1) is 24.4. The molecule has 11 rings (SSSR count). The maximum atomic E-state index is 2.38. The first-order valence-corrected chi connectivity index (χ1v) is 16.1. The first-order chi connectivity index (χ1) is 22.8. The monoisotopic (exact) mass is 578 g/mol. The summed E-state index contributed by atoms with van der Waals surface area (Å²) in [5, 5.41) is 21.0. The molecule has 0 saturated heterocycles. The van der Waals surface area contributed by atoms with Gasteiger partial charge >= 0.3 is 0 Å². The molecule has 210 valence electrons. The van der Waals surface area contributed by atoms with Gasteiger partial charge in [0.25, 0.3) is 0 Å². The fourth-order valence-corrected chi connectivity index (χ4v) is 8.41. The van der Waals surface area contributed by atoms with Gasteiger partial charge in [-0.1, -0.05) is 140 Å². The van der Waals surface area contributed by atoms with Crippen LogP contribution in [0.1, 0.15) is 0 Å². The summed E-state index contributed by atoms with van der Waals surface area (Å²) < 4.78 is 0. The number of rotatable bonds is 2. The van der Waals surface area contributed by atoms with E-state index in [1.54, 1.807) is 0 Å². The normalized spacial score (nSPS) is 12.3. The molecule has 0 aliphatic rings. The lowest BCUT2D eigenvalue weighted by atomic mass is 9.88. The molecule has 0 aliphatic carbocycles. The fraction of sp³-hybridized carbons (Fsp3) is 0. The fourth-order valence-electron chi connectivity index (χ4n) is 8.41. The Morgan fingerprint density at radius 1 is 0.217 bits per heavy atom. The van der Waals surface area contributed by atoms with Gasteiger partial charge in [-0.05, 0) is 127 Å². The van der Waals surface area contributed by atoms with Gasteiger partial charge in [0.15, 0.2) is 0 Å². The molecule has 0 aromatic heterocycles. The van der Waals surface area contributed by atoms with Crippen molar-refractivity contribution in [3.63, 3.8) is 0 Å². The van der Waals surface area contributed by atoms with E-state index in [0.29, 0.717) is 0 Å². The van der Waals surface area contributed by atoms with Crippen LogP contribution in [0.4, 0.5) is 0 Å². The summed E-state index contributed by atoms with van der Waals surface area (Å²) in [6.45, 7) is 0. The van der Waals surface area contributed by atoms with Crippen molar-refractivity contribution < 1.29 is 0 Å². The minimum absolute atomic E-state index is 1.26. The molecule has 0 spiro atoms. The van der Waals surface area contributed by atoms with Crippen molar-refractivity contribution in [1.29, 1.82) is 0 Å². The zero-order valence-corrected chi connectivity index (χ0v) is 25.0. The summed E-state index contributed by atoms with van der Waals surface area (Å²) in [6.07, 6.45) is 0. The Balaban J connectivity index is 1.09. The van der Waals surface area contributed by atoms with E-state index in [0.717, 1.165) is 0 Å². The Labute approximate surface area is 265 Å². The predicted molar refractivity (Wildman–Crippen MR) is 200 cm³/mol. The van der Waals surface area contributed by atoms with Gasteiger partial charge in [0.05, 0.1) is 0 Å². The maximum Gasteiger partial charge on any atom is -0.00206 e. The second-order valence-corrected chi connectivity index (χ2v) is 12.9. The molecule has 11 aromatic carbocycles. The average molecular weight is 579 g/mol. The second-order valence-electron chi connectivity index (χ2n) is 12.9. The summed E-state index contributed by atoms with van der Waals surface area (Å²) in [5.41, 5.74) is 5.09. The lowest BCUT2D eigenvalue weighted by molar-refractivity contribution is 1.69. The van der Waals surface area contributed by atoms with Gasteiger partial charge in [0.2, 0.25) is 0 Å². The van der Waals surface area contributed by atoms with E-state index >= 15 is 0 Å². The Hall–Kier alpha value is -5.98. The van der Waals surface area contributed by atoms with Gasteiger partial charge in [-0.25, -0.2) is 0 Å². The van der Waals surface area contributed by atoms with Crippen molar-refractivity contribution in [3.8, 4) is 22.3 Å². The molecule has 0 aliphatic heterocycles. The summed E-state index contributed by atoms with van der Waals surface area (Å²) in [7, 11) is 0. The topological polar surface area (TPSA) is 0 Å². The van der Waals surface area contributed by atoms with E-state index in [-0.39, 0.29) is 0 Å². The number of benzene rings is 11. The van der Waals surface area contributed by atoms with Crippen LogP contribution in [0.2, 0.25) is 0 Å². The predicted octanol–water partition coefficient (Wildman–Crippen LogP) is 13.1. The third kappa shape index (κ3) is 3.23. The number of hydrogen-bond donors (Lipinski definition) is 0. The van der Waals surface area contributed by atoms with E-state index < -0.39 is 0 Å². The van der Waals surface area contributed by atoms with E-state index in [1.165, 1.54) is 108 Å². The molecule has 0 atom stereocenters. The Morgan fingerprint density at radius 2 is 0.674 bits per heavy atom. The molecule has 0 bridgehead atoms. The standard InChI is InChI=1S/C46H26/c1-4-27-12-14-34-25-36(26-35-15-13-28(5-1)43(27)45(34)35)37-8-3-9-40-38-21-18-33(24-32(38)19-22-41(37)40)39-20-16-31-11-10-29-6-2-7-30-17-23-42(39)46(31)44(29)30/h1-26H. The number of hydrogen-bond acceptors (Lipinski definition) is 0. The molecule has 0 unspecified atom stereocenters. The lowest BCUT2D eigenvalue weighted by Crippen LogP contribution is -1.88. The molecular weight excluding hydrogens is 553 g/mol. The molecule has 0 nitrogen and oxygen atoms in total. The van der Waals surface area contributed by atoms with Gasteiger partial charge in [-0.2, -0.15) is 0 Å². The Morgan fingerprint density at radius 3 is 1.39 bits per heavy atom. The summed E-state index contributed by atoms with van der Waals surface area (Å²) in [5.74, 6) is 0. The molecule has 0 fully saturated rings. The van der Waals surface area contributed by atoms with Gasteiger partial charge in [-0.3, -0.25) is 0 Å². The van der Waals surface area contributed by atoms with Crippen LogP contribution >= 0.6 is 0 Å². The highest BCUT2D eigenvalue weighted by atomic mass is 14.2. The van der Waals surface area contributed by atoms with E-state index in [9.17, 15) is 0 Å². The van der Waals surface area contributed by atoms with Crippen LogP contribution in [0.15, 0.2) is 158 Å². The molecule has 0 heteroatoms. The minimum atomic E-state index is 1.26. The molecular formula is C46H26. The van der Waals surface area contributed by atoms with Crippen molar-refractivity contribution in [3.05, 3.63) is 158 Å². The summed E-state index contributed by atoms with van der Waals surface area (Å²) in [4.78, 5) is 0. The molecule has 11 aromatic rings. The summed E-state index contributed by atoms with van der Waals surface area (Å²) >= 11 is 0. The van der Waals surface area contributed by atoms with Crippen LogP contribution in [0, 0.1) is 0 Å². The van der Waals surface area contributed by atoms with Crippen molar-refractivity contribution in [2.24, 2.45) is 0 Å². The second kappa shape index (κ2) is 8.81. The van der Waals surface area contributed by atoms with Crippen LogP contribution in [0.3, 0.4) is 0 Å². The van der Waals surface area contributed by atoms with Crippen molar-refractivity contribution >= 4 is 86.2 Å². The van der Waals surface area contributed by atoms with Crippen LogP contribution in [-0.2, 0) is 0 Å². The minimum Gasteiger partial charge on any atom is -0.0610 e. The molecule has 0 amide bonds.